The minimum atomic E-state index is -4.00. The lowest BCUT2D eigenvalue weighted by atomic mass is 10.3. The molecule has 0 saturated heterocycles. The molecule has 0 saturated carbocycles. The minimum Gasteiger partial charge on any atom is -0.179 e. The molecule has 0 fully saturated rings. The van der Waals surface area contributed by atoms with Gasteiger partial charge in [-0.25, -0.2) is 0 Å². The number of rotatable bonds is 2. The largest absolute Gasteiger partial charge is 0.389 e. The van der Waals surface area contributed by atoms with Crippen LogP contribution in [0.2, 0.25) is 0 Å². The Morgan fingerprint density at radius 2 is 1.75 bits per heavy atom. The Morgan fingerprint density at radius 1 is 1.25 bits per heavy atom. The number of hydrogen-bond donors (Lipinski definition) is 1. The third-order valence-corrected chi connectivity index (χ3v) is 0.935. The molecule has 0 aliphatic carbocycles. The van der Waals surface area contributed by atoms with Gasteiger partial charge in [0.2, 0.25) is 0 Å². The second-order valence-corrected chi connectivity index (χ2v) is 1.89. The van der Waals surface area contributed by atoms with E-state index in [4.69, 9.17) is 0 Å². The second-order valence-electron chi connectivity index (χ2n) is 1.44. The monoisotopic (exact) mass is 144 g/mol. The maximum Gasteiger partial charge on any atom is 0.389 e. The summed E-state index contributed by atoms with van der Waals surface area (Å²) < 4.78 is 33.6. The van der Waals surface area contributed by atoms with Gasteiger partial charge in [0.1, 0.15) is 0 Å². The van der Waals surface area contributed by atoms with Crippen LogP contribution in [0.4, 0.5) is 13.2 Å². The molecule has 8 heavy (non-hydrogen) atoms. The molecule has 0 aromatic heterocycles. The average Bonchev–Trinajstić information content (AvgIpc) is 1.59. The van der Waals surface area contributed by atoms with E-state index in [9.17, 15) is 13.2 Å². The van der Waals surface area contributed by atoms with Crippen LogP contribution >= 0.6 is 12.6 Å². The van der Waals surface area contributed by atoms with Crippen LogP contribution < -0.4 is 0 Å². The first-order valence-corrected chi connectivity index (χ1v) is 2.87. The third kappa shape index (κ3) is 6.14. The zero-order chi connectivity index (χ0) is 6.62. The predicted molar refractivity (Wildman–Crippen MR) is 29.1 cm³/mol. The summed E-state index contributed by atoms with van der Waals surface area (Å²) in [5, 5.41) is 0. The van der Waals surface area contributed by atoms with Crippen molar-refractivity contribution in [2.75, 3.05) is 5.75 Å². The third-order valence-electron chi connectivity index (χ3n) is 0.618. The molecule has 0 aromatic carbocycles. The summed E-state index contributed by atoms with van der Waals surface area (Å²) >= 11 is 3.63. The molecular weight excluding hydrogens is 137 g/mol. The molecule has 4 heteroatoms. The zero-order valence-electron chi connectivity index (χ0n) is 4.20. The van der Waals surface area contributed by atoms with E-state index >= 15 is 0 Å². The Bertz CT molecular complexity index is 58.8. The molecule has 0 nitrogen and oxygen atoms in total. The highest BCUT2D eigenvalue weighted by Crippen LogP contribution is 2.20. The molecule has 0 unspecified atom stereocenters. The zero-order valence-corrected chi connectivity index (χ0v) is 5.10. The standard InChI is InChI=1S/C4H7F3S/c5-4(6,7)2-1-3-8/h8H,1-3H2. The fourth-order valence-corrected chi connectivity index (χ4v) is 0.438. The lowest BCUT2D eigenvalue weighted by Gasteiger charge is -2.01. The molecule has 0 aliphatic rings. The average molecular weight is 144 g/mol. The summed E-state index contributed by atoms with van der Waals surface area (Å²) in [7, 11) is 0. The van der Waals surface area contributed by atoms with E-state index in [0.29, 0.717) is 5.75 Å². The molecule has 0 spiro atoms. The number of thiol groups is 1. The Hall–Kier alpha value is 0.140. The van der Waals surface area contributed by atoms with Gasteiger partial charge < -0.3 is 0 Å². The van der Waals surface area contributed by atoms with Gasteiger partial charge in [-0.05, 0) is 12.2 Å². The predicted octanol–water partition coefficient (Wildman–Crippen LogP) is 2.26. The summed E-state index contributed by atoms with van der Waals surface area (Å²) in [6.45, 7) is 0. The number of alkyl halides is 3. The SMILES string of the molecule is FC(F)(F)CCCS. The van der Waals surface area contributed by atoms with Gasteiger partial charge in [-0.15, -0.1) is 0 Å². The van der Waals surface area contributed by atoms with E-state index in [1.807, 2.05) is 0 Å². The highest BCUT2D eigenvalue weighted by Gasteiger charge is 2.25. The maximum absolute atomic E-state index is 11.2. The van der Waals surface area contributed by atoms with Crippen LogP contribution in [-0.4, -0.2) is 11.9 Å². The van der Waals surface area contributed by atoms with Crippen LogP contribution in [0, 0.1) is 0 Å². The Morgan fingerprint density at radius 3 is 1.88 bits per heavy atom. The molecule has 0 atom stereocenters. The van der Waals surface area contributed by atoms with Gasteiger partial charge in [0.15, 0.2) is 0 Å². The van der Waals surface area contributed by atoms with Crippen molar-refractivity contribution in [3.63, 3.8) is 0 Å². The molecule has 0 amide bonds. The van der Waals surface area contributed by atoms with E-state index in [1.165, 1.54) is 0 Å². The summed E-state index contributed by atoms with van der Waals surface area (Å²) in [5.41, 5.74) is 0. The molecular formula is C4H7F3S. The van der Waals surface area contributed by atoms with Crippen molar-refractivity contribution in [3.8, 4) is 0 Å². The lowest BCUT2D eigenvalue weighted by molar-refractivity contribution is -0.134. The van der Waals surface area contributed by atoms with Gasteiger partial charge in [0.05, 0.1) is 0 Å². The Kier molecular flexibility index (Phi) is 3.28. The van der Waals surface area contributed by atoms with Gasteiger partial charge in [-0.3, -0.25) is 0 Å². The summed E-state index contributed by atoms with van der Waals surface area (Å²) in [5.74, 6) is 0.305. The first-order chi connectivity index (χ1) is 3.56. The van der Waals surface area contributed by atoms with Crippen molar-refractivity contribution in [2.45, 2.75) is 19.0 Å². The van der Waals surface area contributed by atoms with Gasteiger partial charge in [0, 0.05) is 6.42 Å². The molecule has 0 bridgehead atoms. The molecule has 0 radical (unpaired) electrons. The van der Waals surface area contributed by atoms with Gasteiger partial charge in [-0.1, -0.05) is 0 Å². The van der Waals surface area contributed by atoms with Crippen molar-refractivity contribution in [3.05, 3.63) is 0 Å². The van der Waals surface area contributed by atoms with Crippen molar-refractivity contribution in [2.24, 2.45) is 0 Å². The molecule has 0 N–H and O–H groups in total. The Labute approximate surface area is 51.5 Å². The van der Waals surface area contributed by atoms with Crippen LogP contribution in [0.25, 0.3) is 0 Å². The topological polar surface area (TPSA) is 0 Å². The molecule has 50 valence electrons. The van der Waals surface area contributed by atoms with Gasteiger partial charge >= 0.3 is 6.18 Å². The van der Waals surface area contributed by atoms with E-state index < -0.39 is 12.6 Å². The van der Waals surface area contributed by atoms with Gasteiger partial charge in [-0.2, -0.15) is 25.8 Å². The summed E-state index contributed by atoms with van der Waals surface area (Å²) in [6.07, 6.45) is -4.59. The van der Waals surface area contributed by atoms with Crippen molar-refractivity contribution in [1.29, 1.82) is 0 Å². The van der Waals surface area contributed by atoms with Crippen LogP contribution in [0.5, 0.6) is 0 Å². The summed E-state index contributed by atoms with van der Waals surface area (Å²) in [6, 6.07) is 0. The second kappa shape index (κ2) is 3.22. The van der Waals surface area contributed by atoms with Crippen LogP contribution in [0.1, 0.15) is 12.8 Å². The van der Waals surface area contributed by atoms with E-state index in [0.717, 1.165) is 0 Å². The van der Waals surface area contributed by atoms with E-state index in [2.05, 4.69) is 12.6 Å². The first kappa shape index (κ1) is 8.14. The van der Waals surface area contributed by atoms with Crippen LogP contribution in [0.15, 0.2) is 0 Å². The number of halogens is 3. The van der Waals surface area contributed by atoms with Crippen LogP contribution in [-0.2, 0) is 0 Å². The highest BCUT2D eigenvalue weighted by molar-refractivity contribution is 7.80. The smallest absolute Gasteiger partial charge is 0.179 e. The molecule has 0 heterocycles. The van der Waals surface area contributed by atoms with Crippen molar-refractivity contribution < 1.29 is 13.2 Å². The highest BCUT2D eigenvalue weighted by atomic mass is 32.1. The van der Waals surface area contributed by atoms with Crippen molar-refractivity contribution >= 4 is 12.6 Å². The molecule has 0 aromatic rings. The first-order valence-electron chi connectivity index (χ1n) is 2.24. The Balaban J connectivity index is 3.11. The van der Waals surface area contributed by atoms with E-state index in [-0.39, 0.29) is 6.42 Å². The minimum absolute atomic E-state index is 0.118. The molecule has 0 aliphatic heterocycles. The lowest BCUT2D eigenvalue weighted by Crippen LogP contribution is -2.06. The normalized spacial score (nSPS) is 12.0. The summed E-state index contributed by atoms with van der Waals surface area (Å²) in [4.78, 5) is 0. The van der Waals surface area contributed by atoms with E-state index in [1.54, 1.807) is 0 Å². The fraction of sp³-hybridized carbons (Fsp3) is 1.00. The fourth-order valence-electron chi connectivity index (χ4n) is 0.280. The number of hydrogen-bond acceptors (Lipinski definition) is 1. The van der Waals surface area contributed by atoms with Crippen molar-refractivity contribution in [1.82, 2.24) is 0 Å². The quantitative estimate of drug-likeness (QED) is 0.564. The van der Waals surface area contributed by atoms with Crippen LogP contribution in [0.3, 0.4) is 0 Å². The molecule has 0 rings (SSSR count). The van der Waals surface area contributed by atoms with Gasteiger partial charge in [0.25, 0.3) is 0 Å². The maximum atomic E-state index is 11.2.